The summed E-state index contributed by atoms with van der Waals surface area (Å²) >= 11 is 0. The fourth-order valence-electron chi connectivity index (χ4n) is 3.98. The molecule has 3 aromatic rings. The molecule has 1 aliphatic rings. The Morgan fingerprint density at radius 2 is 2.00 bits per heavy atom. The van der Waals surface area contributed by atoms with Crippen molar-refractivity contribution in [2.24, 2.45) is 0 Å². The van der Waals surface area contributed by atoms with Gasteiger partial charge in [-0.05, 0) is 39.4 Å². The van der Waals surface area contributed by atoms with Crippen molar-refractivity contribution in [1.82, 2.24) is 24.6 Å². The fraction of sp³-hybridized carbons (Fsp3) is 0.391. The number of anilines is 1. The van der Waals surface area contributed by atoms with Crippen molar-refractivity contribution in [1.29, 1.82) is 0 Å². The summed E-state index contributed by atoms with van der Waals surface area (Å²) in [6, 6.07) is 9.21. The van der Waals surface area contributed by atoms with Crippen LogP contribution in [-0.2, 0) is 11.3 Å². The monoisotopic (exact) mass is 420 g/mol. The lowest BCUT2D eigenvalue weighted by Gasteiger charge is -2.38. The number of nitrogens with zero attached hydrogens (tertiary/aromatic N) is 5. The van der Waals surface area contributed by atoms with Crippen molar-refractivity contribution in [3.05, 3.63) is 53.3 Å². The first kappa shape index (κ1) is 21.0. The van der Waals surface area contributed by atoms with Crippen LogP contribution in [0.1, 0.15) is 28.5 Å². The third kappa shape index (κ3) is 4.16. The average molecular weight is 421 g/mol. The van der Waals surface area contributed by atoms with E-state index < -0.39 is 6.04 Å². The van der Waals surface area contributed by atoms with Gasteiger partial charge in [-0.15, -0.1) is 0 Å². The van der Waals surface area contributed by atoms with Crippen molar-refractivity contribution in [2.45, 2.75) is 33.4 Å². The van der Waals surface area contributed by atoms with Crippen LogP contribution in [0.15, 0.2) is 36.5 Å². The standard InChI is InChI=1S/C23H28N6O2/c1-5-29-10-9-20(26-29)25-22(30)19-14-28(12-11-27(19)4)23(31)18-13-17-8-6-7-15(2)21(17)24-16(18)3/h6-10,13,19H,5,11-12,14H2,1-4H3,(H,25,26,30). The van der Waals surface area contributed by atoms with Crippen LogP contribution in [0.25, 0.3) is 10.9 Å². The van der Waals surface area contributed by atoms with E-state index >= 15 is 0 Å². The molecule has 0 bridgehead atoms. The molecular weight excluding hydrogens is 392 g/mol. The lowest BCUT2D eigenvalue weighted by molar-refractivity contribution is -0.122. The van der Waals surface area contributed by atoms with Gasteiger partial charge in [-0.1, -0.05) is 18.2 Å². The summed E-state index contributed by atoms with van der Waals surface area (Å²) < 4.78 is 1.76. The maximum atomic E-state index is 13.3. The highest BCUT2D eigenvalue weighted by atomic mass is 16.2. The number of nitrogens with one attached hydrogen (secondary N) is 1. The largest absolute Gasteiger partial charge is 0.335 e. The average Bonchev–Trinajstić information content (AvgIpc) is 3.21. The minimum atomic E-state index is -0.444. The highest BCUT2D eigenvalue weighted by Gasteiger charge is 2.33. The van der Waals surface area contributed by atoms with Crippen LogP contribution < -0.4 is 5.32 Å². The van der Waals surface area contributed by atoms with Gasteiger partial charge in [-0.25, -0.2) is 0 Å². The Labute approximate surface area is 181 Å². The molecule has 1 fully saturated rings. The molecule has 8 heteroatoms. The summed E-state index contributed by atoms with van der Waals surface area (Å²) in [5.41, 5.74) is 3.29. The SMILES string of the molecule is CCn1ccc(NC(=O)C2CN(C(=O)c3cc4cccc(C)c4nc3C)CCN2C)n1. The lowest BCUT2D eigenvalue weighted by atomic mass is 10.0. The Balaban J connectivity index is 1.53. The molecule has 8 nitrogen and oxygen atoms in total. The van der Waals surface area contributed by atoms with Crippen molar-refractivity contribution >= 4 is 28.5 Å². The predicted octanol–water partition coefficient (Wildman–Crippen LogP) is 2.46. The quantitative estimate of drug-likeness (QED) is 0.701. The third-order valence-electron chi connectivity index (χ3n) is 5.92. The number of aromatic nitrogens is 3. The molecule has 0 radical (unpaired) electrons. The van der Waals surface area contributed by atoms with Gasteiger partial charge in [0.1, 0.15) is 6.04 Å². The maximum Gasteiger partial charge on any atom is 0.255 e. The molecule has 1 N–H and O–H groups in total. The fourth-order valence-corrected chi connectivity index (χ4v) is 3.98. The molecule has 0 spiro atoms. The first-order valence-electron chi connectivity index (χ1n) is 10.6. The molecule has 4 rings (SSSR count). The summed E-state index contributed by atoms with van der Waals surface area (Å²) in [7, 11) is 1.91. The molecular formula is C23H28N6O2. The van der Waals surface area contributed by atoms with Crippen LogP contribution in [0.2, 0.25) is 0 Å². The second-order valence-electron chi connectivity index (χ2n) is 8.06. The number of para-hydroxylation sites is 1. The number of rotatable bonds is 4. The predicted molar refractivity (Wildman–Crippen MR) is 120 cm³/mol. The van der Waals surface area contributed by atoms with E-state index in [-0.39, 0.29) is 11.8 Å². The molecule has 1 unspecified atom stereocenters. The molecule has 31 heavy (non-hydrogen) atoms. The van der Waals surface area contributed by atoms with E-state index in [2.05, 4.69) is 15.4 Å². The highest BCUT2D eigenvalue weighted by molar-refractivity contribution is 6.00. The molecule has 0 saturated carbocycles. The minimum Gasteiger partial charge on any atom is -0.335 e. The van der Waals surface area contributed by atoms with E-state index in [0.29, 0.717) is 36.7 Å². The van der Waals surface area contributed by atoms with E-state index in [4.69, 9.17) is 0 Å². The number of amides is 2. The normalized spacial score (nSPS) is 17.2. The van der Waals surface area contributed by atoms with Crippen LogP contribution in [-0.4, -0.2) is 69.1 Å². The number of pyridine rings is 1. The third-order valence-corrected chi connectivity index (χ3v) is 5.92. The summed E-state index contributed by atoms with van der Waals surface area (Å²) in [6.45, 7) is 8.11. The first-order valence-corrected chi connectivity index (χ1v) is 10.6. The zero-order chi connectivity index (χ0) is 22.1. The van der Waals surface area contributed by atoms with Gasteiger partial charge in [0.05, 0.1) is 16.8 Å². The Morgan fingerprint density at radius 3 is 2.74 bits per heavy atom. The molecule has 1 aliphatic heterocycles. The van der Waals surface area contributed by atoms with Crippen molar-refractivity contribution in [3.8, 4) is 0 Å². The zero-order valence-corrected chi connectivity index (χ0v) is 18.4. The highest BCUT2D eigenvalue weighted by Crippen LogP contribution is 2.22. The van der Waals surface area contributed by atoms with Crippen molar-refractivity contribution < 1.29 is 9.59 Å². The van der Waals surface area contributed by atoms with Gasteiger partial charge in [0.15, 0.2) is 5.82 Å². The summed E-state index contributed by atoms with van der Waals surface area (Å²) in [6.07, 6.45) is 1.83. The van der Waals surface area contributed by atoms with Gasteiger partial charge < -0.3 is 10.2 Å². The number of benzene rings is 1. The number of fused-ring (bicyclic) bond motifs is 1. The molecule has 1 aromatic carbocycles. The van der Waals surface area contributed by atoms with E-state index in [9.17, 15) is 9.59 Å². The molecule has 1 atom stereocenters. The molecule has 2 amide bonds. The summed E-state index contributed by atoms with van der Waals surface area (Å²) in [5, 5.41) is 8.14. The number of likely N-dealkylation sites (N-methyl/N-ethyl adjacent to an activating group) is 1. The molecule has 0 aliphatic carbocycles. The Kier molecular flexibility index (Phi) is 5.73. The molecule has 2 aromatic heterocycles. The van der Waals surface area contributed by atoms with E-state index in [1.165, 1.54) is 0 Å². The van der Waals surface area contributed by atoms with Crippen molar-refractivity contribution in [2.75, 3.05) is 32.0 Å². The Hall–Kier alpha value is -3.26. The Morgan fingerprint density at radius 1 is 1.19 bits per heavy atom. The maximum absolute atomic E-state index is 13.3. The smallest absolute Gasteiger partial charge is 0.255 e. The van der Waals surface area contributed by atoms with Crippen LogP contribution in [0, 0.1) is 13.8 Å². The number of aryl methyl sites for hydroxylation is 3. The number of hydrogen-bond donors (Lipinski definition) is 1. The number of piperazine rings is 1. The van der Waals surface area contributed by atoms with E-state index in [0.717, 1.165) is 23.0 Å². The number of hydrogen-bond acceptors (Lipinski definition) is 5. The zero-order valence-electron chi connectivity index (χ0n) is 18.4. The van der Waals surface area contributed by atoms with Crippen molar-refractivity contribution in [3.63, 3.8) is 0 Å². The van der Waals surface area contributed by atoms with Gasteiger partial charge >= 0.3 is 0 Å². The molecule has 3 heterocycles. The Bertz CT molecular complexity index is 1140. The number of carbonyl (C=O) groups is 2. The van der Waals surface area contributed by atoms with Gasteiger partial charge in [0.25, 0.3) is 5.91 Å². The first-order chi connectivity index (χ1) is 14.9. The molecule has 1 saturated heterocycles. The topological polar surface area (TPSA) is 83.4 Å². The van der Waals surface area contributed by atoms with Gasteiger partial charge in [0.2, 0.25) is 5.91 Å². The lowest BCUT2D eigenvalue weighted by Crippen LogP contribution is -2.57. The van der Waals surface area contributed by atoms with Crippen LogP contribution in [0.4, 0.5) is 5.82 Å². The van der Waals surface area contributed by atoms with Crippen LogP contribution in [0.5, 0.6) is 0 Å². The molecule has 162 valence electrons. The minimum absolute atomic E-state index is 0.0884. The summed E-state index contributed by atoms with van der Waals surface area (Å²) in [5.74, 6) is 0.272. The van der Waals surface area contributed by atoms with Crippen LogP contribution >= 0.6 is 0 Å². The van der Waals surface area contributed by atoms with Crippen LogP contribution in [0.3, 0.4) is 0 Å². The number of carbonyl (C=O) groups excluding carboxylic acids is 2. The van der Waals surface area contributed by atoms with Gasteiger partial charge in [-0.2, -0.15) is 5.10 Å². The summed E-state index contributed by atoms with van der Waals surface area (Å²) in [4.78, 5) is 34.7. The second-order valence-corrected chi connectivity index (χ2v) is 8.06. The van der Waals surface area contributed by atoms with E-state index in [1.54, 1.807) is 15.6 Å². The van der Waals surface area contributed by atoms with Gasteiger partial charge in [0, 0.05) is 43.8 Å². The van der Waals surface area contributed by atoms with Gasteiger partial charge in [-0.3, -0.25) is 24.2 Å². The van der Waals surface area contributed by atoms with E-state index in [1.807, 2.05) is 63.2 Å². The second kappa shape index (κ2) is 8.47.